The van der Waals surface area contributed by atoms with E-state index in [2.05, 4.69) is 0 Å². The normalized spacial score (nSPS) is 13.9. The Bertz CT molecular complexity index is 820. The van der Waals surface area contributed by atoms with Crippen molar-refractivity contribution in [1.82, 2.24) is 0 Å². The first-order valence-corrected chi connectivity index (χ1v) is 9.76. The molecule has 134 valence electrons. The molecule has 2 aromatic carbocycles. The Labute approximate surface area is 152 Å². The molecule has 0 heterocycles. The van der Waals surface area contributed by atoms with Crippen LogP contribution in [-0.4, -0.2) is 31.9 Å². The summed E-state index contributed by atoms with van der Waals surface area (Å²) in [6, 6.07) is 14.2. The van der Waals surface area contributed by atoms with E-state index in [0.29, 0.717) is 0 Å². The predicted octanol–water partition coefficient (Wildman–Crippen LogP) is 3.03. The summed E-state index contributed by atoms with van der Waals surface area (Å²) in [6.45, 7) is 1.69. The molecule has 2 aromatic rings. The molecule has 0 aromatic heterocycles. The third kappa shape index (κ3) is 4.81. The molecule has 7 heteroatoms. The number of ether oxygens (including phenoxy) is 1. The standard InChI is InChI=1S/C18H19ClO5S/c1-2-24-18(21)15(17(20)14-10-6-7-11-16(14)19)12-25(22,23)13-8-4-3-5-9-13/h3-11,15,17,20H,2,12H2,1H3. The van der Waals surface area contributed by atoms with Gasteiger partial charge in [0.25, 0.3) is 0 Å². The zero-order chi connectivity index (χ0) is 18.4. The van der Waals surface area contributed by atoms with Crippen molar-refractivity contribution in [3.05, 3.63) is 65.2 Å². The Morgan fingerprint density at radius 1 is 1.12 bits per heavy atom. The maximum Gasteiger partial charge on any atom is 0.312 e. The van der Waals surface area contributed by atoms with Crippen LogP contribution in [0.25, 0.3) is 0 Å². The number of esters is 1. The molecule has 0 spiro atoms. The van der Waals surface area contributed by atoms with Gasteiger partial charge in [0.1, 0.15) is 5.92 Å². The Hall–Kier alpha value is -1.89. The van der Waals surface area contributed by atoms with Gasteiger partial charge >= 0.3 is 5.97 Å². The van der Waals surface area contributed by atoms with E-state index in [4.69, 9.17) is 16.3 Å². The topological polar surface area (TPSA) is 80.7 Å². The van der Waals surface area contributed by atoms with Crippen molar-refractivity contribution < 1.29 is 23.1 Å². The summed E-state index contributed by atoms with van der Waals surface area (Å²) < 4.78 is 30.2. The molecule has 2 atom stereocenters. The monoisotopic (exact) mass is 382 g/mol. The van der Waals surface area contributed by atoms with Gasteiger partial charge in [-0.05, 0) is 30.7 Å². The molecule has 2 rings (SSSR count). The Balaban J connectivity index is 2.37. The number of aliphatic hydroxyl groups is 1. The van der Waals surface area contributed by atoms with E-state index in [9.17, 15) is 18.3 Å². The smallest absolute Gasteiger partial charge is 0.312 e. The number of carbonyl (C=O) groups excluding carboxylic acids is 1. The maximum atomic E-state index is 12.6. The molecular formula is C18H19ClO5S. The Morgan fingerprint density at radius 3 is 2.32 bits per heavy atom. The van der Waals surface area contributed by atoms with Gasteiger partial charge in [-0.3, -0.25) is 4.79 Å². The molecular weight excluding hydrogens is 364 g/mol. The van der Waals surface area contributed by atoms with Crippen molar-refractivity contribution in [2.24, 2.45) is 5.92 Å². The minimum atomic E-state index is -3.79. The van der Waals surface area contributed by atoms with Gasteiger partial charge in [-0.1, -0.05) is 48.0 Å². The van der Waals surface area contributed by atoms with Gasteiger partial charge in [0.2, 0.25) is 0 Å². The van der Waals surface area contributed by atoms with Crippen molar-refractivity contribution in [2.75, 3.05) is 12.4 Å². The Morgan fingerprint density at radius 2 is 1.72 bits per heavy atom. The first-order chi connectivity index (χ1) is 11.9. The molecule has 1 N–H and O–H groups in total. The lowest BCUT2D eigenvalue weighted by atomic mass is 9.97. The van der Waals surface area contributed by atoms with Crippen LogP contribution in [0.15, 0.2) is 59.5 Å². The summed E-state index contributed by atoms with van der Waals surface area (Å²) >= 11 is 6.07. The average molecular weight is 383 g/mol. The van der Waals surface area contributed by atoms with Gasteiger partial charge in [-0.2, -0.15) is 0 Å². The van der Waals surface area contributed by atoms with Crippen LogP contribution in [0.2, 0.25) is 5.02 Å². The molecule has 25 heavy (non-hydrogen) atoms. The second-order valence-electron chi connectivity index (χ2n) is 5.42. The van der Waals surface area contributed by atoms with Crippen LogP contribution in [0.5, 0.6) is 0 Å². The summed E-state index contributed by atoms with van der Waals surface area (Å²) in [7, 11) is -3.79. The summed E-state index contributed by atoms with van der Waals surface area (Å²) in [5.74, 6) is -2.65. The quantitative estimate of drug-likeness (QED) is 0.744. The highest BCUT2D eigenvalue weighted by Gasteiger charge is 2.35. The lowest BCUT2D eigenvalue weighted by molar-refractivity contribution is -0.151. The fourth-order valence-electron chi connectivity index (χ4n) is 2.43. The van der Waals surface area contributed by atoms with Gasteiger partial charge in [0.05, 0.1) is 23.4 Å². The van der Waals surface area contributed by atoms with Crippen LogP contribution < -0.4 is 0 Å². The molecule has 0 saturated heterocycles. The van der Waals surface area contributed by atoms with Crippen molar-refractivity contribution >= 4 is 27.4 Å². The zero-order valence-corrected chi connectivity index (χ0v) is 15.2. The van der Waals surface area contributed by atoms with Crippen molar-refractivity contribution in [3.8, 4) is 0 Å². The van der Waals surface area contributed by atoms with E-state index in [1.54, 1.807) is 49.4 Å². The number of aliphatic hydroxyl groups excluding tert-OH is 1. The number of benzene rings is 2. The predicted molar refractivity (Wildman–Crippen MR) is 95.0 cm³/mol. The minimum Gasteiger partial charge on any atom is -0.466 e. The highest BCUT2D eigenvalue weighted by atomic mass is 35.5. The van der Waals surface area contributed by atoms with E-state index in [1.807, 2.05) is 0 Å². The molecule has 0 aliphatic heterocycles. The fourth-order valence-corrected chi connectivity index (χ4v) is 4.23. The van der Waals surface area contributed by atoms with Crippen LogP contribution in [0, 0.1) is 5.92 Å². The highest BCUT2D eigenvalue weighted by Crippen LogP contribution is 2.31. The number of rotatable bonds is 7. The third-order valence-corrected chi connectivity index (χ3v) is 5.83. The molecule has 0 fully saturated rings. The van der Waals surface area contributed by atoms with E-state index >= 15 is 0 Å². The van der Waals surface area contributed by atoms with Gasteiger partial charge in [-0.25, -0.2) is 8.42 Å². The van der Waals surface area contributed by atoms with E-state index in [-0.39, 0.29) is 22.1 Å². The fraction of sp³-hybridized carbons (Fsp3) is 0.278. The molecule has 0 radical (unpaired) electrons. The lowest BCUT2D eigenvalue weighted by Crippen LogP contribution is -2.31. The summed E-state index contributed by atoms with van der Waals surface area (Å²) in [4.78, 5) is 12.4. The lowest BCUT2D eigenvalue weighted by Gasteiger charge is -2.22. The van der Waals surface area contributed by atoms with Crippen LogP contribution >= 0.6 is 11.6 Å². The molecule has 0 amide bonds. The van der Waals surface area contributed by atoms with Crippen LogP contribution in [0.1, 0.15) is 18.6 Å². The SMILES string of the molecule is CCOC(=O)C(CS(=O)(=O)c1ccccc1)C(O)c1ccccc1Cl. The third-order valence-electron chi connectivity index (χ3n) is 3.70. The van der Waals surface area contributed by atoms with Gasteiger partial charge < -0.3 is 9.84 Å². The molecule has 0 saturated carbocycles. The van der Waals surface area contributed by atoms with Crippen molar-refractivity contribution in [2.45, 2.75) is 17.9 Å². The minimum absolute atomic E-state index is 0.0793. The summed E-state index contributed by atoms with van der Waals surface area (Å²) in [6.07, 6.45) is -1.40. The van der Waals surface area contributed by atoms with Gasteiger partial charge in [-0.15, -0.1) is 0 Å². The van der Waals surface area contributed by atoms with Gasteiger partial charge in [0.15, 0.2) is 9.84 Å². The molecule has 0 aliphatic carbocycles. The maximum absolute atomic E-state index is 12.6. The largest absolute Gasteiger partial charge is 0.466 e. The van der Waals surface area contributed by atoms with Crippen molar-refractivity contribution in [1.29, 1.82) is 0 Å². The van der Waals surface area contributed by atoms with Crippen LogP contribution in [0.4, 0.5) is 0 Å². The van der Waals surface area contributed by atoms with Crippen LogP contribution in [-0.2, 0) is 19.4 Å². The summed E-state index contributed by atoms with van der Waals surface area (Å²) in [5, 5.41) is 10.9. The van der Waals surface area contributed by atoms with E-state index in [0.717, 1.165) is 0 Å². The number of carbonyl (C=O) groups is 1. The second kappa shape index (κ2) is 8.47. The van der Waals surface area contributed by atoms with Gasteiger partial charge in [0, 0.05) is 5.02 Å². The second-order valence-corrected chi connectivity index (χ2v) is 7.86. The molecule has 2 unspecified atom stereocenters. The zero-order valence-electron chi connectivity index (χ0n) is 13.6. The first kappa shape index (κ1) is 19.4. The average Bonchev–Trinajstić information content (AvgIpc) is 2.60. The van der Waals surface area contributed by atoms with Crippen molar-refractivity contribution in [3.63, 3.8) is 0 Å². The summed E-state index contributed by atoms with van der Waals surface area (Å²) in [5.41, 5.74) is 0.283. The number of hydrogen-bond acceptors (Lipinski definition) is 5. The molecule has 5 nitrogen and oxygen atoms in total. The van der Waals surface area contributed by atoms with E-state index in [1.165, 1.54) is 12.1 Å². The molecule has 0 bridgehead atoms. The molecule has 0 aliphatic rings. The van der Waals surface area contributed by atoms with E-state index < -0.39 is 33.6 Å². The first-order valence-electron chi connectivity index (χ1n) is 7.73. The highest BCUT2D eigenvalue weighted by molar-refractivity contribution is 7.91. The Kier molecular flexibility index (Phi) is 6.58. The number of halogens is 1. The van der Waals surface area contributed by atoms with Crippen LogP contribution in [0.3, 0.4) is 0 Å². The number of sulfone groups is 1. The number of hydrogen-bond donors (Lipinski definition) is 1.